The van der Waals surface area contributed by atoms with Crippen LogP contribution >= 0.6 is 0 Å². The highest BCUT2D eigenvalue weighted by Crippen LogP contribution is 2.17. The lowest BCUT2D eigenvalue weighted by Crippen LogP contribution is -2.40. The summed E-state index contributed by atoms with van der Waals surface area (Å²) in [6.45, 7) is 6.52. The third-order valence-corrected chi connectivity index (χ3v) is 3.67. The number of hydrogen-bond donors (Lipinski definition) is 2. The smallest absolute Gasteiger partial charge is 0.236 e. The summed E-state index contributed by atoms with van der Waals surface area (Å²) in [6.07, 6.45) is 0. The van der Waals surface area contributed by atoms with Crippen molar-refractivity contribution in [3.8, 4) is 5.69 Å². The van der Waals surface area contributed by atoms with Crippen molar-refractivity contribution in [3.05, 3.63) is 47.3 Å². The van der Waals surface area contributed by atoms with Crippen molar-refractivity contribution in [2.75, 3.05) is 7.05 Å². The Morgan fingerprint density at radius 2 is 1.95 bits per heavy atom. The summed E-state index contributed by atoms with van der Waals surface area (Å²) in [5, 5.41) is 10.5. The number of carbonyl (C=O) groups excluding carboxylic acids is 1. The first-order chi connectivity index (χ1) is 10.0. The summed E-state index contributed by atoms with van der Waals surface area (Å²) in [7, 11) is 1.64. The maximum atomic E-state index is 11.5. The number of likely N-dealkylation sites (N-methyl/N-ethyl adjacent to an activating group) is 1. The molecule has 0 fully saturated rings. The lowest BCUT2D eigenvalue weighted by atomic mass is 10.2. The van der Waals surface area contributed by atoms with Gasteiger partial charge in [-0.15, -0.1) is 0 Å². The fourth-order valence-corrected chi connectivity index (χ4v) is 2.32. The van der Waals surface area contributed by atoms with Crippen LogP contribution in [0, 0.1) is 13.8 Å². The summed E-state index contributed by atoms with van der Waals surface area (Å²) in [6, 6.07) is 9.82. The Morgan fingerprint density at radius 3 is 2.57 bits per heavy atom. The van der Waals surface area contributed by atoms with E-state index in [1.165, 1.54) is 0 Å². The number of nitrogens with zero attached hydrogens (tertiary/aromatic N) is 2. The fraction of sp³-hybridized carbons (Fsp3) is 0.375. The van der Waals surface area contributed by atoms with E-state index in [4.69, 9.17) is 0 Å². The first-order valence-electron chi connectivity index (χ1n) is 7.10. The Bertz CT molecular complexity index is 619. The molecule has 1 aromatic carbocycles. The Labute approximate surface area is 125 Å². The molecule has 2 aromatic rings. The predicted molar refractivity (Wildman–Crippen MR) is 83.4 cm³/mol. The molecule has 1 unspecified atom stereocenters. The summed E-state index contributed by atoms with van der Waals surface area (Å²) < 4.78 is 1.94. The maximum Gasteiger partial charge on any atom is 0.236 e. The molecule has 112 valence electrons. The van der Waals surface area contributed by atoms with E-state index in [1.54, 1.807) is 7.05 Å². The quantitative estimate of drug-likeness (QED) is 0.880. The lowest BCUT2D eigenvalue weighted by Gasteiger charge is -2.12. The molecule has 0 aliphatic heterocycles. The lowest BCUT2D eigenvalue weighted by molar-refractivity contribution is -0.122. The zero-order valence-electron chi connectivity index (χ0n) is 13.0. The van der Waals surface area contributed by atoms with Crippen molar-refractivity contribution in [2.24, 2.45) is 0 Å². The van der Waals surface area contributed by atoms with Crippen molar-refractivity contribution in [1.29, 1.82) is 0 Å². The minimum absolute atomic E-state index is 0.0132. The van der Waals surface area contributed by atoms with Crippen LogP contribution in [0.1, 0.15) is 23.9 Å². The van der Waals surface area contributed by atoms with Crippen LogP contribution in [0.4, 0.5) is 0 Å². The van der Waals surface area contributed by atoms with Gasteiger partial charge in [0, 0.05) is 24.8 Å². The number of aryl methyl sites for hydroxylation is 1. The van der Waals surface area contributed by atoms with Crippen LogP contribution in [0.3, 0.4) is 0 Å². The van der Waals surface area contributed by atoms with E-state index < -0.39 is 0 Å². The number of aromatic nitrogens is 2. The summed E-state index contributed by atoms with van der Waals surface area (Å²) in [5.41, 5.74) is 4.25. The molecular weight excluding hydrogens is 264 g/mol. The average molecular weight is 286 g/mol. The number of amides is 1. The Kier molecular flexibility index (Phi) is 4.75. The van der Waals surface area contributed by atoms with Crippen molar-refractivity contribution in [2.45, 2.75) is 33.4 Å². The van der Waals surface area contributed by atoms with Gasteiger partial charge in [0.05, 0.1) is 17.4 Å². The SMILES string of the molecule is CNC(=O)C(C)NCc1c(C)nn(-c2ccccc2)c1C. The molecule has 5 nitrogen and oxygen atoms in total. The Hall–Kier alpha value is -2.14. The van der Waals surface area contributed by atoms with Crippen molar-refractivity contribution in [3.63, 3.8) is 0 Å². The standard InChI is InChI=1S/C16H22N4O/c1-11-15(10-18-12(2)16(21)17-4)13(3)20(19-11)14-8-6-5-7-9-14/h5-9,12,18H,10H2,1-4H3,(H,17,21). The Balaban J connectivity index is 2.19. The Morgan fingerprint density at radius 1 is 1.29 bits per heavy atom. The van der Waals surface area contributed by atoms with Crippen LogP contribution in [0.2, 0.25) is 0 Å². The van der Waals surface area contributed by atoms with Gasteiger partial charge in [0.1, 0.15) is 0 Å². The molecule has 0 radical (unpaired) electrons. The monoisotopic (exact) mass is 286 g/mol. The molecule has 1 atom stereocenters. The zero-order chi connectivity index (χ0) is 15.4. The fourth-order valence-electron chi connectivity index (χ4n) is 2.32. The molecule has 0 bridgehead atoms. The molecule has 2 N–H and O–H groups in total. The molecule has 0 saturated carbocycles. The number of rotatable bonds is 5. The highest BCUT2D eigenvalue weighted by Gasteiger charge is 2.15. The third-order valence-electron chi connectivity index (χ3n) is 3.67. The second-order valence-electron chi connectivity index (χ2n) is 5.11. The van der Waals surface area contributed by atoms with Crippen molar-refractivity contribution in [1.82, 2.24) is 20.4 Å². The van der Waals surface area contributed by atoms with E-state index in [2.05, 4.69) is 22.7 Å². The van der Waals surface area contributed by atoms with Crippen LogP contribution < -0.4 is 10.6 Å². The van der Waals surface area contributed by atoms with Crippen LogP contribution in [0.25, 0.3) is 5.69 Å². The maximum absolute atomic E-state index is 11.5. The number of nitrogens with one attached hydrogen (secondary N) is 2. The van der Waals surface area contributed by atoms with E-state index in [0.717, 1.165) is 22.6 Å². The minimum atomic E-state index is -0.228. The molecule has 1 heterocycles. The van der Waals surface area contributed by atoms with Gasteiger partial charge in [-0.3, -0.25) is 4.79 Å². The molecule has 0 aliphatic rings. The average Bonchev–Trinajstić information content (AvgIpc) is 2.79. The zero-order valence-corrected chi connectivity index (χ0v) is 13.0. The molecular formula is C16H22N4O. The second kappa shape index (κ2) is 6.54. The minimum Gasteiger partial charge on any atom is -0.358 e. The van der Waals surface area contributed by atoms with Gasteiger partial charge in [-0.25, -0.2) is 4.68 Å². The normalized spacial score (nSPS) is 12.2. The molecule has 2 rings (SSSR count). The van der Waals surface area contributed by atoms with E-state index >= 15 is 0 Å². The highest BCUT2D eigenvalue weighted by molar-refractivity contribution is 5.80. The predicted octanol–water partition coefficient (Wildman–Crippen LogP) is 1.71. The summed E-state index contributed by atoms with van der Waals surface area (Å²) in [4.78, 5) is 11.5. The second-order valence-corrected chi connectivity index (χ2v) is 5.11. The van der Waals surface area contributed by atoms with Crippen LogP contribution in [-0.2, 0) is 11.3 Å². The van der Waals surface area contributed by atoms with Gasteiger partial charge >= 0.3 is 0 Å². The first-order valence-corrected chi connectivity index (χ1v) is 7.10. The number of para-hydroxylation sites is 1. The molecule has 0 spiro atoms. The van der Waals surface area contributed by atoms with Crippen molar-refractivity contribution >= 4 is 5.91 Å². The number of hydrogen-bond acceptors (Lipinski definition) is 3. The molecule has 1 amide bonds. The van der Waals surface area contributed by atoms with Gasteiger partial charge in [-0.2, -0.15) is 5.10 Å². The molecule has 21 heavy (non-hydrogen) atoms. The molecule has 5 heteroatoms. The van der Waals surface area contributed by atoms with Crippen LogP contribution in [0.5, 0.6) is 0 Å². The highest BCUT2D eigenvalue weighted by atomic mass is 16.2. The van der Waals surface area contributed by atoms with E-state index in [-0.39, 0.29) is 11.9 Å². The van der Waals surface area contributed by atoms with E-state index in [0.29, 0.717) is 6.54 Å². The molecule has 1 aromatic heterocycles. The van der Waals surface area contributed by atoms with Gasteiger partial charge < -0.3 is 10.6 Å². The van der Waals surface area contributed by atoms with Gasteiger partial charge in [0.15, 0.2) is 0 Å². The van der Waals surface area contributed by atoms with Crippen molar-refractivity contribution < 1.29 is 4.79 Å². The number of carbonyl (C=O) groups is 1. The first kappa shape index (κ1) is 15.3. The van der Waals surface area contributed by atoms with Gasteiger partial charge in [-0.1, -0.05) is 18.2 Å². The molecule has 0 aliphatic carbocycles. The largest absolute Gasteiger partial charge is 0.358 e. The molecule has 0 saturated heterocycles. The topological polar surface area (TPSA) is 59.0 Å². The van der Waals surface area contributed by atoms with Gasteiger partial charge in [0.25, 0.3) is 0 Å². The van der Waals surface area contributed by atoms with E-state index in [1.807, 2.05) is 48.9 Å². The van der Waals surface area contributed by atoms with Gasteiger partial charge in [0.2, 0.25) is 5.91 Å². The van der Waals surface area contributed by atoms with E-state index in [9.17, 15) is 4.79 Å². The number of benzene rings is 1. The van der Waals surface area contributed by atoms with Gasteiger partial charge in [-0.05, 0) is 32.9 Å². The summed E-state index contributed by atoms with van der Waals surface area (Å²) >= 11 is 0. The van der Waals surface area contributed by atoms with Crippen LogP contribution in [-0.4, -0.2) is 28.8 Å². The summed E-state index contributed by atoms with van der Waals surface area (Å²) in [5.74, 6) is -0.0132. The van der Waals surface area contributed by atoms with Crippen LogP contribution in [0.15, 0.2) is 30.3 Å². The third kappa shape index (κ3) is 3.31.